The van der Waals surface area contributed by atoms with E-state index in [2.05, 4.69) is 11.4 Å². The zero-order valence-corrected chi connectivity index (χ0v) is 16.9. The van der Waals surface area contributed by atoms with Crippen LogP contribution < -0.4 is 9.47 Å². The lowest BCUT2D eigenvalue weighted by atomic mass is 10.1. The Morgan fingerprint density at radius 3 is 2.39 bits per heavy atom. The van der Waals surface area contributed by atoms with Crippen molar-refractivity contribution < 1.29 is 19.1 Å². The molecule has 1 aromatic carbocycles. The summed E-state index contributed by atoms with van der Waals surface area (Å²) in [5, 5.41) is 2.06. The molecule has 2 fully saturated rings. The van der Waals surface area contributed by atoms with E-state index in [1.165, 1.54) is 12.0 Å². The Hall–Kier alpha value is -2.54. The van der Waals surface area contributed by atoms with Gasteiger partial charge in [0.15, 0.2) is 11.5 Å². The van der Waals surface area contributed by atoms with Crippen LogP contribution in [0.4, 0.5) is 0 Å². The van der Waals surface area contributed by atoms with Gasteiger partial charge in [-0.05, 0) is 30.0 Å². The summed E-state index contributed by atoms with van der Waals surface area (Å²) in [5.74, 6) is 1.61. The summed E-state index contributed by atoms with van der Waals surface area (Å²) in [6.45, 7) is 2.21. The molecule has 2 atom stereocenters. The summed E-state index contributed by atoms with van der Waals surface area (Å²) < 4.78 is 10.7. The first-order valence-electron chi connectivity index (χ1n) is 9.46. The highest BCUT2D eigenvalue weighted by atomic mass is 32.1. The van der Waals surface area contributed by atoms with Crippen molar-refractivity contribution in [1.29, 1.82) is 0 Å². The number of piperazine rings is 1. The number of ether oxygens (including phenoxy) is 2. The molecule has 7 heteroatoms. The molecule has 2 unspecified atom stereocenters. The maximum Gasteiger partial charge on any atom is 0.257 e. The zero-order chi connectivity index (χ0) is 19.7. The molecule has 28 heavy (non-hydrogen) atoms. The van der Waals surface area contributed by atoms with Crippen molar-refractivity contribution in [2.75, 3.05) is 40.4 Å². The molecular weight excluding hydrogens is 376 g/mol. The SMILES string of the molecule is COc1cccc(C(=O)N2CCN(C(=O)C3CC3c3cccs3)CC2)c1OC. The molecule has 4 rings (SSSR count). The van der Waals surface area contributed by atoms with E-state index in [0.717, 1.165) is 6.42 Å². The largest absolute Gasteiger partial charge is 0.493 e. The lowest BCUT2D eigenvalue weighted by Gasteiger charge is -2.35. The van der Waals surface area contributed by atoms with Crippen molar-refractivity contribution in [2.24, 2.45) is 5.92 Å². The third kappa shape index (κ3) is 3.46. The number of para-hydroxylation sites is 1. The second kappa shape index (κ2) is 7.83. The minimum atomic E-state index is -0.0919. The minimum absolute atomic E-state index is 0.0919. The predicted molar refractivity (Wildman–Crippen MR) is 107 cm³/mol. The van der Waals surface area contributed by atoms with Gasteiger partial charge in [0, 0.05) is 42.9 Å². The topological polar surface area (TPSA) is 59.1 Å². The second-order valence-electron chi connectivity index (χ2n) is 7.12. The normalized spacial score (nSPS) is 21.4. The van der Waals surface area contributed by atoms with Gasteiger partial charge < -0.3 is 19.3 Å². The maximum absolute atomic E-state index is 13.0. The molecule has 1 saturated carbocycles. The molecule has 1 saturated heterocycles. The van der Waals surface area contributed by atoms with E-state index >= 15 is 0 Å². The molecule has 2 aromatic rings. The summed E-state index contributed by atoms with van der Waals surface area (Å²) in [7, 11) is 3.09. The number of carbonyl (C=O) groups excluding carboxylic acids is 2. The van der Waals surface area contributed by atoms with Crippen molar-refractivity contribution in [3.8, 4) is 11.5 Å². The van der Waals surface area contributed by atoms with Gasteiger partial charge in [0.1, 0.15) is 0 Å². The first-order valence-corrected chi connectivity index (χ1v) is 10.3. The van der Waals surface area contributed by atoms with Crippen molar-refractivity contribution in [3.63, 3.8) is 0 Å². The number of hydrogen-bond acceptors (Lipinski definition) is 5. The summed E-state index contributed by atoms with van der Waals surface area (Å²) >= 11 is 1.72. The van der Waals surface area contributed by atoms with Crippen LogP contribution in [0, 0.1) is 5.92 Å². The fraction of sp³-hybridized carbons (Fsp3) is 0.429. The van der Waals surface area contributed by atoms with Crippen molar-refractivity contribution >= 4 is 23.2 Å². The molecule has 2 amide bonds. The van der Waals surface area contributed by atoms with Gasteiger partial charge in [-0.15, -0.1) is 11.3 Å². The van der Waals surface area contributed by atoms with Crippen LogP contribution in [0.25, 0.3) is 0 Å². The first-order chi connectivity index (χ1) is 13.6. The average Bonchev–Trinajstić information content (AvgIpc) is 3.36. The monoisotopic (exact) mass is 400 g/mol. The maximum atomic E-state index is 13.0. The van der Waals surface area contributed by atoms with Gasteiger partial charge in [0.2, 0.25) is 5.91 Å². The number of methoxy groups -OCH3 is 2. The summed E-state index contributed by atoms with van der Waals surface area (Å²) in [4.78, 5) is 30.7. The number of hydrogen-bond donors (Lipinski definition) is 0. The number of carbonyl (C=O) groups is 2. The summed E-state index contributed by atoms with van der Waals surface area (Å²) in [5.41, 5.74) is 0.488. The van der Waals surface area contributed by atoms with E-state index in [-0.39, 0.29) is 17.7 Å². The van der Waals surface area contributed by atoms with Crippen molar-refractivity contribution in [1.82, 2.24) is 9.80 Å². The molecule has 1 aliphatic carbocycles. The fourth-order valence-electron chi connectivity index (χ4n) is 3.87. The molecule has 0 bridgehead atoms. The van der Waals surface area contributed by atoms with Crippen LogP contribution in [0.1, 0.15) is 27.6 Å². The Morgan fingerprint density at radius 2 is 1.75 bits per heavy atom. The van der Waals surface area contributed by atoms with E-state index in [0.29, 0.717) is 49.2 Å². The molecule has 2 aliphatic rings. The van der Waals surface area contributed by atoms with Gasteiger partial charge in [0.25, 0.3) is 5.91 Å². The Kier molecular flexibility index (Phi) is 5.26. The lowest BCUT2D eigenvalue weighted by molar-refractivity contribution is -0.134. The van der Waals surface area contributed by atoms with E-state index < -0.39 is 0 Å². The minimum Gasteiger partial charge on any atom is -0.493 e. The molecule has 0 spiro atoms. The first kappa shape index (κ1) is 18.8. The van der Waals surface area contributed by atoms with Gasteiger partial charge in [-0.2, -0.15) is 0 Å². The number of benzene rings is 1. The fourth-order valence-corrected chi connectivity index (χ4v) is 4.78. The van der Waals surface area contributed by atoms with Crippen LogP contribution in [0.2, 0.25) is 0 Å². The standard InChI is InChI=1S/C21H24N2O4S/c1-26-17-6-3-5-14(19(17)27-2)20(24)22-8-10-23(11-9-22)21(25)16-13-15(16)18-7-4-12-28-18/h3-7,12,15-16H,8-11,13H2,1-2H3. The van der Waals surface area contributed by atoms with Crippen LogP contribution in [0.5, 0.6) is 11.5 Å². The molecule has 6 nitrogen and oxygen atoms in total. The summed E-state index contributed by atoms with van der Waals surface area (Å²) in [6, 6.07) is 9.45. The van der Waals surface area contributed by atoms with Gasteiger partial charge in [0.05, 0.1) is 19.8 Å². The van der Waals surface area contributed by atoms with Crippen LogP contribution in [0.3, 0.4) is 0 Å². The highest BCUT2D eigenvalue weighted by molar-refractivity contribution is 7.10. The molecular formula is C21H24N2O4S. The smallest absolute Gasteiger partial charge is 0.257 e. The lowest BCUT2D eigenvalue weighted by Crippen LogP contribution is -2.51. The Morgan fingerprint density at radius 1 is 1.00 bits per heavy atom. The van der Waals surface area contributed by atoms with Crippen LogP contribution in [0.15, 0.2) is 35.7 Å². The quantitative estimate of drug-likeness (QED) is 0.774. The van der Waals surface area contributed by atoms with Crippen molar-refractivity contribution in [2.45, 2.75) is 12.3 Å². The molecule has 0 radical (unpaired) electrons. The van der Waals surface area contributed by atoms with E-state index in [4.69, 9.17) is 9.47 Å². The molecule has 1 aromatic heterocycles. The zero-order valence-electron chi connectivity index (χ0n) is 16.1. The van der Waals surface area contributed by atoms with E-state index in [9.17, 15) is 9.59 Å². The van der Waals surface area contributed by atoms with Gasteiger partial charge in [-0.1, -0.05) is 12.1 Å². The van der Waals surface area contributed by atoms with Crippen LogP contribution in [-0.2, 0) is 4.79 Å². The van der Waals surface area contributed by atoms with Crippen molar-refractivity contribution in [3.05, 3.63) is 46.2 Å². The molecule has 1 aliphatic heterocycles. The third-order valence-corrected chi connectivity index (χ3v) is 6.53. The molecule has 2 heterocycles. The highest BCUT2D eigenvalue weighted by Gasteiger charge is 2.46. The number of nitrogens with zero attached hydrogens (tertiary/aromatic N) is 2. The number of amides is 2. The van der Waals surface area contributed by atoms with Crippen LogP contribution >= 0.6 is 11.3 Å². The highest BCUT2D eigenvalue weighted by Crippen LogP contribution is 2.50. The van der Waals surface area contributed by atoms with Gasteiger partial charge in [-0.25, -0.2) is 0 Å². The number of thiophene rings is 1. The molecule has 0 N–H and O–H groups in total. The Balaban J connectivity index is 1.37. The Bertz CT molecular complexity index is 859. The van der Waals surface area contributed by atoms with Gasteiger partial charge in [-0.3, -0.25) is 9.59 Å². The molecule has 148 valence electrons. The Labute approximate surface area is 168 Å². The van der Waals surface area contributed by atoms with Crippen LogP contribution in [-0.4, -0.2) is 62.0 Å². The number of rotatable bonds is 5. The third-order valence-electron chi connectivity index (χ3n) is 5.53. The predicted octanol–water partition coefficient (Wildman–Crippen LogP) is 2.85. The second-order valence-corrected chi connectivity index (χ2v) is 8.10. The average molecular weight is 401 g/mol. The van der Waals surface area contributed by atoms with E-state index in [1.54, 1.807) is 41.5 Å². The van der Waals surface area contributed by atoms with Gasteiger partial charge >= 0.3 is 0 Å². The summed E-state index contributed by atoms with van der Waals surface area (Å²) in [6.07, 6.45) is 0.944. The van der Waals surface area contributed by atoms with E-state index in [1.807, 2.05) is 11.0 Å².